The van der Waals surface area contributed by atoms with Crippen LogP contribution in [0.3, 0.4) is 0 Å². The first-order valence-electron chi connectivity index (χ1n) is 6.58. The van der Waals surface area contributed by atoms with Gasteiger partial charge in [-0.2, -0.15) is 4.98 Å². The largest absolute Gasteiger partial charge is 0.393 e. The number of H-pyrrole nitrogens is 1. The van der Waals surface area contributed by atoms with E-state index in [-0.39, 0.29) is 11.7 Å². The van der Waals surface area contributed by atoms with E-state index in [0.29, 0.717) is 43.0 Å². The topological polar surface area (TPSA) is 96.2 Å². The van der Waals surface area contributed by atoms with E-state index < -0.39 is 5.69 Å². The molecular formula is C12H17N5O3. The molecule has 0 radical (unpaired) electrons. The van der Waals surface area contributed by atoms with Crippen LogP contribution in [0.5, 0.6) is 0 Å². The van der Waals surface area contributed by atoms with E-state index in [1.165, 1.54) is 11.6 Å². The Hall–Kier alpha value is -2.09. The molecule has 1 aliphatic heterocycles. The average Bonchev–Trinajstić information content (AvgIpc) is 2.89. The summed E-state index contributed by atoms with van der Waals surface area (Å²) in [4.78, 5) is 33.3. The SMILES string of the molecule is Cn1c(=O)c2[nH]c(N3CCC(O)CC3)nc2n(C)c1=O. The number of hydrogen-bond acceptors (Lipinski definition) is 5. The van der Waals surface area contributed by atoms with Gasteiger partial charge in [0.2, 0.25) is 5.95 Å². The molecule has 20 heavy (non-hydrogen) atoms. The molecule has 8 nitrogen and oxygen atoms in total. The Bertz CT molecular complexity index is 764. The van der Waals surface area contributed by atoms with E-state index in [9.17, 15) is 14.7 Å². The molecule has 3 heterocycles. The van der Waals surface area contributed by atoms with Crippen LogP contribution in [0.25, 0.3) is 11.2 Å². The highest BCUT2D eigenvalue weighted by molar-refractivity contribution is 5.72. The number of aromatic amines is 1. The summed E-state index contributed by atoms with van der Waals surface area (Å²) in [5.41, 5.74) is -0.0801. The molecule has 3 rings (SSSR count). The van der Waals surface area contributed by atoms with Gasteiger partial charge in [-0.05, 0) is 12.8 Å². The van der Waals surface area contributed by atoms with Crippen molar-refractivity contribution < 1.29 is 5.11 Å². The second kappa shape index (κ2) is 4.48. The Labute approximate surface area is 114 Å². The number of aryl methyl sites for hydroxylation is 1. The van der Waals surface area contributed by atoms with Crippen LogP contribution in [-0.2, 0) is 14.1 Å². The summed E-state index contributed by atoms with van der Waals surface area (Å²) in [5, 5.41) is 9.52. The molecule has 0 aromatic carbocycles. The lowest BCUT2D eigenvalue weighted by Crippen LogP contribution is -2.36. The van der Waals surface area contributed by atoms with Crippen LogP contribution < -0.4 is 16.1 Å². The lowest BCUT2D eigenvalue weighted by molar-refractivity contribution is 0.145. The predicted octanol–water partition coefficient (Wildman–Crippen LogP) is -1.08. The van der Waals surface area contributed by atoms with Gasteiger partial charge in [-0.1, -0.05) is 0 Å². The Morgan fingerprint density at radius 3 is 2.50 bits per heavy atom. The first kappa shape index (κ1) is 12.9. The van der Waals surface area contributed by atoms with E-state index in [1.807, 2.05) is 4.90 Å². The molecule has 0 amide bonds. The first-order chi connectivity index (χ1) is 9.49. The van der Waals surface area contributed by atoms with Gasteiger partial charge in [0.05, 0.1) is 6.10 Å². The summed E-state index contributed by atoms with van der Waals surface area (Å²) < 4.78 is 2.42. The molecule has 0 spiro atoms. The molecule has 1 saturated heterocycles. The zero-order valence-corrected chi connectivity index (χ0v) is 11.5. The fourth-order valence-electron chi connectivity index (χ4n) is 2.54. The second-order valence-electron chi connectivity index (χ2n) is 5.18. The number of anilines is 1. The number of aromatic nitrogens is 4. The zero-order chi connectivity index (χ0) is 14.4. The van der Waals surface area contributed by atoms with Gasteiger partial charge < -0.3 is 15.0 Å². The third-order valence-corrected chi connectivity index (χ3v) is 3.85. The van der Waals surface area contributed by atoms with Crippen LogP contribution in [0, 0.1) is 0 Å². The van der Waals surface area contributed by atoms with E-state index >= 15 is 0 Å². The van der Waals surface area contributed by atoms with Crippen molar-refractivity contribution in [3.05, 3.63) is 20.8 Å². The fraction of sp³-hybridized carbons (Fsp3) is 0.583. The van der Waals surface area contributed by atoms with Gasteiger partial charge in [-0.15, -0.1) is 0 Å². The van der Waals surface area contributed by atoms with Crippen molar-refractivity contribution in [3.8, 4) is 0 Å². The Balaban J connectivity index is 2.12. The average molecular weight is 279 g/mol. The molecule has 0 saturated carbocycles. The highest BCUT2D eigenvalue weighted by Crippen LogP contribution is 2.18. The lowest BCUT2D eigenvalue weighted by Gasteiger charge is -2.28. The van der Waals surface area contributed by atoms with Gasteiger partial charge in [0.25, 0.3) is 5.56 Å². The molecular weight excluding hydrogens is 262 g/mol. The number of piperidine rings is 1. The minimum absolute atomic E-state index is 0.271. The molecule has 0 unspecified atom stereocenters. The van der Waals surface area contributed by atoms with Crippen molar-refractivity contribution in [1.82, 2.24) is 19.1 Å². The van der Waals surface area contributed by atoms with Crippen LogP contribution >= 0.6 is 0 Å². The number of imidazole rings is 1. The van der Waals surface area contributed by atoms with E-state index in [1.54, 1.807) is 7.05 Å². The van der Waals surface area contributed by atoms with E-state index in [0.717, 1.165) is 4.57 Å². The first-order valence-corrected chi connectivity index (χ1v) is 6.58. The van der Waals surface area contributed by atoms with Crippen molar-refractivity contribution >= 4 is 17.1 Å². The molecule has 2 aromatic rings. The van der Waals surface area contributed by atoms with Gasteiger partial charge in [0, 0.05) is 27.2 Å². The number of nitrogens with zero attached hydrogens (tertiary/aromatic N) is 4. The van der Waals surface area contributed by atoms with Crippen molar-refractivity contribution in [1.29, 1.82) is 0 Å². The summed E-state index contributed by atoms with van der Waals surface area (Å²) in [6.07, 6.45) is 1.08. The van der Waals surface area contributed by atoms with Gasteiger partial charge in [0.1, 0.15) is 0 Å². The number of aliphatic hydroxyl groups is 1. The van der Waals surface area contributed by atoms with Crippen LogP contribution in [0.15, 0.2) is 9.59 Å². The van der Waals surface area contributed by atoms with Crippen molar-refractivity contribution in [2.75, 3.05) is 18.0 Å². The second-order valence-corrected chi connectivity index (χ2v) is 5.18. The lowest BCUT2D eigenvalue weighted by atomic mass is 10.1. The van der Waals surface area contributed by atoms with Crippen molar-refractivity contribution in [3.63, 3.8) is 0 Å². The van der Waals surface area contributed by atoms with Gasteiger partial charge in [0.15, 0.2) is 11.2 Å². The zero-order valence-electron chi connectivity index (χ0n) is 11.5. The maximum Gasteiger partial charge on any atom is 0.332 e. The highest BCUT2D eigenvalue weighted by Gasteiger charge is 2.21. The summed E-state index contributed by atoms with van der Waals surface area (Å²) in [6, 6.07) is 0. The number of nitrogens with one attached hydrogen (secondary N) is 1. The van der Waals surface area contributed by atoms with Crippen molar-refractivity contribution in [2.45, 2.75) is 18.9 Å². The molecule has 108 valence electrons. The van der Waals surface area contributed by atoms with Crippen LogP contribution in [-0.4, -0.2) is 43.4 Å². The standard InChI is InChI=1S/C12H17N5O3/c1-15-9-8(10(19)16(2)12(15)20)13-11(14-9)17-5-3-7(18)4-6-17/h7,18H,3-6H2,1-2H3,(H,13,14). The molecule has 8 heteroatoms. The van der Waals surface area contributed by atoms with E-state index in [2.05, 4.69) is 9.97 Å². The third-order valence-electron chi connectivity index (χ3n) is 3.85. The Kier molecular flexibility index (Phi) is 2.89. The fourth-order valence-corrected chi connectivity index (χ4v) is 2.54. The molecule has 0 bridgehead atoms. The minimum Gasteiger partial charge on any atom is -0.393 e. The number of aliphatic hydroxyl groups excluding tert-OH is 1. The normalized spacial score (nSPS) is 17.1. The molecule has 0 atom stereocenters. The van der Waals surface area contributed by atoms with Crippen LogP contribution in [0.4, 0.5) is 5.95 Å². The molecule has 2 N–H and O–H groups in total. The van der Waals surface area contributed by atoms with Gasteiger partial charge in [-0.3, -0.25) is 13.9 Å². The number of rotatable bonds is 1. The monoisotopic (exact) mass is 279 g/mol. The smallest absolute Gasteiger partial charge is 0.332 e. The third kappa shape index (κ3) is 1.83. The molecule has 1 fully saturated rings. The Morgan fingerprint density at radius 1 is 1.20 bits per heavy atom. The molecule has 2 aromatic heterocycles. The van der Waals surface area contributed by atoms with Gasteiger partial charge >= 0.3 is 5.69 Å². The number of fused-ring (bicyclic) bond motifs is 1. The molecule has 1 aliphatic rings. The predicted molar refractivity (Wildman–Crippen MR) is 74.0 cm³/mol. The quantitative estimate of drug-likeness (QED) is 0.692. The van der Waals surface area contributed by atoms with Gasteiger partial charge in [-0.25, -0.2) is 4.79 Å². The van der Waals surface area contributed by atoms with Crippen LogP contribution in [0.2, 0.25) is 0 Å². The maximum atomic E-state index is 12.1. The molecule has 0 aliphatic carbocycles. The minimum atomic E-state index is -0.394. The highest BCUT2D eigenvalue weighted by atomic mass is 16.3. The Morgan fingerprint density at radius 2 is 1.85 bits per heavy atom. The summed E-state index contributed by atoms with van der Waals surface area (Å²) in [6.45, 7) is 1.35. The summed E-state index contributed by atoms with van der Waals surface area (Å²) >= 11 is 0. The van der Waals surface area contributed by atoms with Crippen LogP contribution in [0.1, 0.15) is 12.8 Å². The summed E-state index contributed by atoms with van der Waals surface area (Å²) in [7, 11) is 3.04. The summed E-state index contributed by atoms with van der Waals surface area (Å²) in [5.74, 6) is 0.574. The van der Waals surface area contributed by atoms with Crippen molar-refractivity contribution in [2.24, 2.45) is 14.1 Å². The van der Waals surface area contributed by atoms with E-state index in [4.69, 9.17) is 0 Å². The number of hydrogen-bond donors (Lipinski definition) is 2. The maximum absolute atomic E-state index is 12.1.